The van der Waals surface area contributed by atoms with Gasteiger partial charge in [0, 0.05) is 11.8 Å². The molecule has 0 aliphatic carbocycles. The molecule has 1 N–H and O–H groups in total. The highest BCUT2D eigenvalue weighted by Gasteiger charge is 2.47. The topological polar surface area (TPSA) is 83.6 Å². The second kappa shape index (κ2) is 7.57. The normalized spacial score (nSPS) is 18.1. The smallest absolute Gasteiger partial charge is 0.296 e. The number of fused-ring (bicyclic) bond motifs is 1. The van der Waals surface area contributed by atoms with Crippen LogP contribution in [0, 0.1) is 0 Å². The van der Waals surface area contributed by atoms with Gasteiger partial charge in [-0.1, -0.05) is 48.5 Å². The Morgan fingerprint density at radius 3 is 2.55 bits per heavy atom. The lowest BCUT2D eigenvalue weighted by Crippen LogP contribution is -2.29. The number of benzene rings is 2. The van der Waals surface area contributed by atoms with E-state index in [0.29, 0.717) is 17.0 Å². The molecule has 0 radical (unpaired) electrons. The standard InChI is InChI=1S/C25H18N2O4/c28-23(19-11-5-8-16-7-1-2-10-18(16)19)21-22(20-12-3-4-13-26-20)27(25(30)24(21)29)15-17-9-6-14-31-17/h1-14,22,28H,15H2/b23-21-. The molecule has 1 unspecified atom stereocenters. The second-order valence-corrected chi connectivity index (χ2v) is 7.29. The number of furan rings is 1. The minimum atomic E-state index is -0.828. The van der Waals surface area contributed by atoms with Crippen LogP contribution in [0.2, 0.25) is 0 Å². The molecule has 0 spiro atoms. The molecule has 1 atom stereocenters. The van der Waals surface area contributed by atoms with E-state index >= 15 is 0 Å². The highest BCUT2D eigenvalue weighted by Crippen LogP contribution is 2.40. The van der Waals surface area contributed by atoms with E-state index in [2.05, 4.69) is 4.98 Å². The van der Waals surface area contributed by atoms with Gasteiger partial charge in [0.05, 0.1) is 24.1 Å². The summed E-state index contributed by atoms with van der Waals surface area (Å²) >= 11 is 0. The summed E-state index contributed by atoms with van der Waals surface area (Å²) in [5, 5.41) is 13.0. The predicted octanol–water partition coefficient (Wildman–Crippen LogP) is 4.45. The van der Waals surface area contributed by atoms with E-state index in [0.717, 1.165) is 10.8 Å². The molecule has 1 fully saturated rings. The Labute approximate surface area is 178 Å². The molecule has 1 aliphatic heterocycles. The molecular weight excluding hydrogens is 392 g/mol. The van der Waals surface area contributed by atoms with Gasteiger partial charge in [-0.15, -0.1) is 0 Å². The quantitative estimate of drug-likeness (QED) is 0.305. The first kappa shape index (κ1) is 18.8. The molecule has 2 aromatic carbocycles. The van der Waals surface area contributed by atoms with Gasteiger partial charge in [0.15, 0.2) is 0 Å². The van der Waals surface area contributed by atoms with Crippen LogP contribution in [0.3, 0.4) is 0 Å². The van der Waals surface area contributed by atoms with Crippen LogP contribution < -0.4 is 0 Å². The van der Waals surface area contributed by atoms with E-state index < -0.39 is 17.7 Å². The number of hydrogen-bond donors (Lipinski definition) is 1. The average molecular weight is 410 g/mol. The molecule has 0 bridgehead atoms. The lowest BCUT2D eigenvalue weighted by molar-refractivity contribution is -0.140. The number of aliphatic hydroxyl groups is 1. The van der Waals surface area contributed by atoms with Gasteiger partial charge in [0.25, 0.3) is 11.7 Å². The van der Waals surface area contributed by atoms with Crippen molar-refractivity contribution in [3.8, 4) is 0 Å². The van der Waals surface area contributed by atoms with Crippen molar-refractivity contribution in [2.75, 3.05) is 0 Å². The molecule has 5 rings (SSSR count). The summed E-state index contributed by atoms with van der Waals surface area (Å²) < 4.78 is 5.40. The summed E-state index contributed by atoms with van der Waals surface area (Å²) in [6.45, 7) is 0.0884. The molecule has 4 aromatic rings. The fourth-order valence-electron chi connectivity index (χ4n) is 4.04. The van der Waals surface area contributed by atoms with E-state index in [1.54, 1.807) is 42.6 Å². The van der Waals surface area contributed by atoms with Crippen LogP contribution >= 0.6 is 0 Å². The van der Waals surface area contributed by atoms with Gasteiger partial charge >= 0.3 is 0 Å². The maximum Gasteiger partial charge on any atom is 0.296 e. The van der Waals surface area contributed by atoms with E-state index in [9.17, 15) is 14.7 Å². The largest absolute Gasteiger partial charge is 0.507 e. The molecule has 0 saturated carbocycles. The van der Waals surface area contributed by atoms with E-state index in [-0.39, 0.29) is 17.9 Å². The number of rotatable bonds is 4. The number of likely N-dealkylation sites (tertiary alicyclic amines) is 1. The maximum atomic E-state index is 13.1. The van der Waals surface area contributed by atoms with Crippen molar-refractivity contribution in [1.82, 2.24) is 9.88 Å². The van der Waals surface area contributed by atoms with Crippen LogP contribution in [0.5, 0.6) is 0 Å². The van der Waals surface area contributed by atoms with E-state index in [4.69, 9.17) is 4.42 Å². The third-order valence-corrected chi connectivity index (χ3v) is 5.46. The number of Topliss-reactive ketones (excluding diaryl/α,β-unsaturated/α-hetero) is 1. The highest BCUT2D eigenvalue weighted by molar-refractivity contribution is 6.46. The third kappa shape index (κ3) is 3.18. The molecule has 1 aliphatic rings. The molecule has 2 aromatic heterocycles. The Balaban J connectivity index is 1.71. The summed E-state index contributed by atoms with van der Waals surface area (Å²) in [5.41, 5.74) is 1.01. The number of pyridine rings is 1. The van der Waals surface area contributed by atoms with Crippen molar-refractivity contribution in [3.05, 3.63) is 108 Å². The first-order valence-electron chi connectivity index (χ1n) is 9.85. The Kier molecular flexibility index (Phi) is 4.59. The second-order valence-electron chi connectivity index (χ2n) is 7.29. The number of aliphatic hydroxyl groups excluding tert-OH is 1. The number of ketones is 1. The summed E-state index contributed by atoms with van der Waals surface area (Å²) in [6.07, 6.45) is 3.11. The van der Waals surface area contributed by atoms with Crippen LogP contribution in [-0.4, -0.2) is 26.7 Å². The van der Waals surface area contributed by atoms with Crippen molar-refractivity contribution >= 4 is 28.2 Å². The van der Waals surface area contributed by atoms with Crippen molar-refractivity contribution < 1.29 is 19.1 Å². The van der Waals surface area contributed by atoms with Crippen LogP contribution in [0.15, 0.2) is 95.2 Å². The zero-order valence-electron chi connectivity index (χ0n) is 16.4. The van der Waals surface area contributed by atoms with E-state index in [1.165, 1.54) is 11.2 Å². The number of carbonyl (C=O) groups is 2. The fraction of sp³-hybridized carbons (Fsp3) is 0.0800. The lowest BCUT2D eigenvalue weighted by atomic mass is 9.95. The van der Waals surface area contributed by atoms with Gasteiger partial charge in [0.1, 0.15) is 17.6 Å². The monoisotopic (exact) mass is 410 g/mol. The minimum Gasteiger partial charge on any atom is -0.507 e. The average Bonchev–Trinajstić information content (AvgIpc) is 3.41. The first-order chi connectivity index (χ1) is 15.1. The molecule has 152 valence electrons. The highest BCUT2D eigenvalue weighted by atomic mass is 16.3. The molecule has 3 heterocycles. The zero-order chi connectivity index (χ0) is 21.4. The Bertz CT molecular complexity index is 1300. The predicted molar refractivity (Wildman–Crippen MR) is 115 cm³/mol. The fourth-order valence-corrected chi connectivity index (χ4v) is 4.04. The van der Waals surface area contributed by atoms with Crippen LogP contribution in [0.4, 0.5) is 0 Å². The van der Waals surface area contributed by atoms with Gasteiger partial charge in [-0.05, 0) is 35.0 Å². The number of nitrogens with zero attached hydrogens (tertiary/aromatic N) is 2. The van der Waals surface area contributed by atoms with Gasteiger partial charge in [-0.2, -0.15) is 0 Å². The molecule has 1 amide bonds. The van der Waals surface area contributed by atoms with E-state index in [1.807, 2.05) is 36.4 Å². The Morgan fingerprint density at radius 1 is 0.968 bits per heavy atom. The molecule has 1 saturated heterocycles. The Morgan fingerprint density at radius 2 is 1.77 bits per heavy atom. The van der Waals surface area contributed by atoms with Gasteiger partial charge in [-0.25, -0.2) is 0 Å². The summed E-state index contributed by atoms with van der Waals surface area (Å²) in [6, 6.07) is 21.0. The first-order valence-corrected chi connectivity index (χ1v) is 9.85. The van der Waals surface area contributed by atoms with Crippen LogP contribution in [-0.2, 0) is 16.1 Å². The van der Waals surface area contributed by atoms with Crippen molar-refractivity contribution in [1.29, 1.82) is 0 Å². The molecule has 6 heteroatoms. The van der Waals surface area contributed by atoms with Gasteiger partial charge in [-0.3, -0.25) is 14.6 Å². The van der Waals surface area contributed by atoms with Gasteiger partial charge < -0.3 is 14.4 Å². The SMILES string of the molecule is O=C1C(=O)N(Cc2ccco2)C(c2ccccn2)/C1=C(/O)c1cccc2ccccc12. The van der Waals surface area contributed by atoms with Crippen molar-refractivity contribution in [2.24, 2.45) is 0 Å². The maximum absolute atomic E-state index is 13.1. The number of hydrogen-bond acceptors (Lipinski definition) is 5. The summed E-state index contributed by atoms with van der Waals surface area (Å²) in [7, 11) is 0. The summed E-state index contributed by atoms with van der Waals surface area (Å²) in [5.74, 6) is -1.12. The number of carbonyl (C=O) groups excluding carboxylic acids is 2. The van der Waals surface area contributed by atoms with Crippen LogP contribution in [0.25, 0.3) is 16.5 Å². The third-order valence-electron chi connectivity index (χ3n) is 5.46. The van der Waals surface area contributed by atoms with Gasteiger partial charge in [0.2, 0.25) is 0 Å². The Hall–Kier alpha value is -4.19. The molecular formula is C25H18N2O4. The van der Waals surface area contributed by atoms with Crippen molar-refractivity contribution in [2.45, 2.75) is 12.6 Å². The molecule has 6 nitrogen and oxygen atoms in total. The number of aromatic nitrogens is 1. The van der Waals surface area contributed by atoms with Crippen LogP contribution in [0.1, 0.15) is 23.1 Å². The summed E-state index contributed by atoms with van der Waals surface area (Å²) in [4.78, 5) is 31.9. The zero-order valence-corrected chi connectivity index (χ0v) is 16.4. The molecule has 31 heavy (non-hydrogen) atoms. The van der Waals surface area contributed by atoms with Crippen molar-refractivity contribution in [3.63, 3.8) is 0 Å². The number of amides is 1. The minimum absolute atomic E-state index is 0.0200. The lowest BCUT2D eigenvalue weighted by Gasteiger charge is -2.23.